The van der Waals surface area contributed by atoms with Crippen LogP contribution in [0.3, 0.4) is 0 Å². The first-order valence-electron chi connectivity index (χ1n) is 11.2. The Bertz CT molecular complexity index is 1240. The molecule has 1 unspecified atom stereocenters. The molecule has 34 heavy (non-hydrogen) atoms. The van der Waals surface area contributed by atoms with Crippen molar-refractivity contribution in [3.05, 3.63) is 102 Å². The highest BCUT2D eigenvalue weighted by Crippen LogP contribution is 2.24. The van der Waals surface area contributed by atoms with Crippen molar-refractivity contribution in [2.24, 2.45) is 0 Å². The highest BCUT2D eigenvalue weighted by molar-refractivity contribution is 5.78. The van der Waals surface area contributed by atoms with Gasteiger partial charge in [-0.15, -0.1) is 0 Å². The molecule has 0 spiro atoms. The van der Waals surface area contributed by atoms with E-state index < -0.39 is 12.1 Å². The monoisotopic (exact) mass is 457 g/mol. The standard InChI is InChI=1S/C28H27NO5/c1-2-32-28(31)17-27(30)25-9-5-3-8-21(25)18-33-23-13-15-24(16-14-23)34-19-22-12-11-20-7-4-6-10-26(20)29-22/h3-16,27,30H,2,17-19H2,1H3. The topological polar surface area (TPSA) is 77.9 Å². The van der Waals surface area contributed by atoms with Crippen molar-refractivity contribution in [3.63, 3.8) is 0 Å². The second kappa shape index (κ2) is 11.3. The zero-order chi connectivity index (χ0) is 23.8. The van der Waals surface area contributed by atoms with E-state index in [1.54, 1.807) is 13.0 Å². The molecule has 0 aliphatic heterocycles. The van der Waals surface area contributed by atoms with Gasteiger partial charge < -0.3 is 19.3 Å². The summed E-state index contributed by atoms with van der Waals surface area (Å²) < 4.78 is 16.7. The van der Waals surface area contributed by atoms with Crippen molar-refractivity contribution in [2.45, 2.75) is 32.7 Å². The first-order valence-corrected chi connectivity index (χ1v) is 11.2. The summed E-state index contributed by atoms with van der Waals surface area (Å²) in [5, 5.41) is 11.6. The number of hydrogen-bond donors (Lipinski definition) is 1. The summed E-state index contributed by atoms with van der Waals surface area (Å²) >= 11 is 0. The number of fused-ring (bicyclic) bond motifs is 1. The van der Waals surface area contributed by atoms with Crippen LogP contribution in [0.1, 0.15) is 36.3 Å². The number of aliphatic hydroxyl groups excluding tert-OH is 1. The lowest BCUT2D eigenvalue weighted by Gasteiger charge is -2.16. The van der Waals surface area contributed by atoms with Gasteiger partial charge in [0.1, 0.15) is 24.7 Å². The molecule has 4 rings (SSSR count). The molecule has 0 aliphatic carbocycles. The van der Waals surface area contributed by atoms with E-state index in [9.17, 15) is 9.90 Å². The third-order valence-corrected chi connectivity index (χ3v) is 5.34. The SMILES string of the molecule is CCOC(=O)CC(O)c1ccccc1COc1ccc(OCc2ccc3ccccc3n2)cc1. The van der Waals surface area contributed by atoms with Gasteiger partial charge in [-0.05, 0) is 54.4 Å². The quantitative estimate of drug-likeness (QED) is 0.322. The number of pyridine rings is 1. The molecule has 4 aromatic rings. The summed E-state index contributed by atoms with van der Waals surface area (Å²) in [5.41, 5.74) is 3.26. The van der Waals surface area contributed by atoms with Crippen LogP contribution < -0.4 is 9.47 Å². The summed E-state index contributed by atoms with van der Waals surface area (Å²) in [5.74, 6) is 0.957. The van der Waals surface area contributed by atoms with Crippen LogP contribution in [-0.4, -0.2) is 22.7 Å². The van der Waals surface area contributed by atoms with E-state index in [2.05, 4.69) is 4.98 Å². The van der Waals surface area contributed by atoms with Crippen LogP contribution in [0.25, 0.3) is 10.9 Å². The summed E-state index contributed by atoms with van der Waals surface area (Å²) in [6.07, 6.45) is -1.04. The van der Waals surface area contributed by atoms with Crippen molar-refractivity contribution >= 4 is 16.9 Å². The minimum absolute atomic E-state index is 0.0943. The van der Waals surface area contributed by atoms with Crippen LogP contribution >= 0.6 is 0 Å². The number of carbonyl (C=O) groups excluding carboxylic acids is 1. The Balaban J connectivity index is 1.33. The van der Waals surface area contributed by atoms with Gasteiger partial charge in [-0.25, -0.2) is 4.98 Å². The van der Waals surface area contributed by atoms with Crippen LogP contribution in [-0.2, 0) is 22.7 Å². The molecule has 0 fully saturated rings. The van der Waals surface area contributed by atoms with E-state index in [-0.39, 0.29) is 19.6 Å². The molecule has 1 N–H and O–H groups in total. The maximum Gasteiger partial charge on any atom is 0.308 e. The van der Waals surface area contributed by atoms with E-state index in [4.69, 9.17) is 14.2 Å². The van der Waals surface area contributed by atoms with Crippen molar-refractivity contribution in [2.75, 3.05) is 6.61 Å². The average Bonchev–Trinajstić information content (AvgIpc) is 2.87. The lowest BCUT2D eigenvalue weighted by Crippen LogP contribution is -2.12. The summed E-state index contributed by atoms with van der Waals surface area (Å²) in [6, 6.07) is 26.7. The lowest BCUT2D eigenvalue weighted by atomic mass is 10.0. The molecule has 6 nitrogen and oxygen atoms in total. The third kappa shape index (κ3) is 6.11. The summed E-state index contributed by atoms with van der Waals surface area (Å²) in [6.45, 7) is 2.66. The van der Waals surface area contributed by atoms with Crippen LogP contribution in [0.2, 0.25) is 0 Å². The molecule has 0 bridgehead atoms. The number of benzene rings is 3. The second-order valence-electron chi connectivity index (χ2n) is 7.77. The van der Waals surface area contributed by atoms with Crippen molar-refractivity contribution in [3.8, 4) is 11.5 Å². The molecule has 3 aromatic carbocycles. The molecule has 0 aliphatic rings. The maximum absolute atomic E-state index is 11.7. The Hall–Kier alpha value is -3.90. The lowest BCUT2D eigenvalue weighted by molar-refractivity contribution is -0.145. The van der Waals surface area contributed by atoms with Gasteiger partial charge in [-0.1, -0.05) is 48.5 Å². The zero-order valence-corrected chi connectivity index (χ0v) is 19.0. The predicted octanol–water partition coefficient (Wildman–Crippen LogP) is 5.38. The smallest absolute Gasteiger partial charge is 0.308 e. The fraction of sp³-hybridized carbons (Fsp3) is 0.214. The molecule has 0 saturated heterocycles. The van der Waals surface area contributed by atoms with Gasteiger partial charge in [-0.2, -0.15) is 0 Å². The molecule has 1 aromatic heterocycles. The van der Waals surface area contributed by atoms with Gasteiger partial charge >= 0.3 is 5.97 Å². The van der Waals surface area contributed by atoms with Crippen molar-refractivity contribution in [1.82, 2.24) is 4.98 Å². The minimum Gasteiger partial charge on any atom is -0.489 e. The summed E-state index contributed by atoms with van der Waals surface area (Å²) in [7, 11) is 0. The van der Waals surface area contributed by atoms with Crippen LogP contribution in [0.5, 0.6) is 11.5 Å². The Morgan fingerprint density at radius 3 is 2.29 bits per heavy atom. The molecule has 6 heteroatoms. The first-order chi connectivity index (χ1) is 16.6. The Morgan fingerprint density at radius 2 is 1.53 bits per heavy atom. The average molecular weight is 458 g/mol. The Labute approximate surface area is 198 Å². The van der Waals surface area contributed by atoms with Gasteiger partial charge in [0.15, 0.2) is 0 Å². The number of nitrogens with zero attached hydrogens (tertiary/aromatic N) is 1. The van der Waals surface area contributed by atoms with Crippen molar-refractivity contribution < 1.29 is 24.1 Å². The first kappa shape index (κ1) is 23.3. The summed E-state index contributed by atoms with van der Waals surface area (Å²) in [4.78, 5) is 16.3. The fourth-order valence-corrected chi connectivity index (χ4v) is 3.62. The van der Waals surface area contributed by atoms with E-state index >= 15 is 0 Å². The highest BCUT2D eigenvalue weighted by Gasteiger charge is 2.17. The van der Waals surface area contributed by atoms with Gasteiger partial charge in [0, 0.05) is 5.39 Å². The predicted molar refractivity (Wildman–Crippen MR) is 130 cm³/mol. The zero-order valence-electron chi connectivity index (χ0n) is 19.0. The van der Waals surface area contributed by atoms with Gasteiger partial charge in [0.05, 0.1) is 30.3 Å². The molecule has 0 radical (unpaired) electrons. The number of aromatic nitrogens is 1. The molecular weight excluding hydrogens is 430 g/mol. The normalized spacial score (nSPS) is 11.7. The maximum atomic E-state index is 11.7. The number of esters is 1. The van der Waals surface area contributed by atoms with Gasteiger partial charge in [0.25, 0.3) is 0 Å². The van der Waals surface area contributed by atoms with E-state index in [1.165, 1.54) is 0 Å². The van der Waals surface area contributed by atoms with E-state index in [0.717, 1.165) is 22.2 Å². The number of hydrogen-bond acceptors (Lipinski definition) is 6. The Kier molecular flexibility index (Phi) is 7.73. The van der Waals surface area contributed by atoms with E-state index in [0.29, 0.717) is 23.7 Å². The highest BCUT2D eigenvalue weighted by atomic mass is 16.5. The molecule has 0 saturated carbocycles. The molecule has 1 heterocycles. The molecule has 1 atom stereocenters. The van der Waals surface area contributed by atoms with Crippen LogP contribution in [0.4, 0.5) is 0 Å². The number of ether oxygens (including phenoxy) is 3. The molecule has 174 valence electrons. The number of rotatable bonds is 10. The van der Waals surface area contributed by atoms with E-state index in [1.807, 2.05) is 78.9 Å². The van der Waals surface area contributed by atoms with Crippen LogP contribution in [0, 0.1) is 0 Å². The van der Waals surface area contributed by atoms with Crippen molar-refractivity contribution in [1.29, 1.82) is 0 Å². The number of para-hydroxylation sites is 1. The number of carbonyl (C=O) groups is 1. The van der Waals surface area contributed by atoms with Crippen LogP contribution in [0.15, 0.2) is 84.9 Å². The fourth-order valence-electron chi connectivity index (χ4n) is 3.62. The largest absolute Gasteiger partial charge is 0.489 e. The van der Waals surface area contributed by atoms with Gasteiger partial charge in [0.2, 0.25) is 0 Å². The molecule has 0 amide bonds. The number of aliphatic hydroxyl groups is 1. The second-order valence-corrected chi connectivity index (χ2v) is 7.77. The van der Waals surface area contributed by atoms with Gasteiger partial charge in [-0.3, -0.25) is 4.79 Å². The third-order valence-electron chi connectivity index (χ3n) is 5.34. The minimum atomic E-state index is -0.946. The Morgan fingerprint density at radius 1 is 0.853 bits per heavy atom. The molecular formula is C28H27NO5.